The van der Waals surface area contributed by atoms with Gasteiger partial charge in [0.25, 0.3) is 0 Å². The molecule has 2 amide bonds. The van der Waals surface area contributed by atoms with Crippen LogP contribution in [0, 0.1) is 5.41 Å². The van der Waals surface area contributed by atoms with E-state index in [0.29, 0.717) is 0 Å². The lowest BCUT2D eigenvalue weighted by atomic mass is 9.89. The van der Waals surface area contributed by atoms with Gasteiger partial charge in [0.2, 0.25) is 11.8 Å². The lowest BCUT2D eigenvalue weighted by molar-refractivity contribution is -0.140. The van der Waals surface area contributed by atoms with Gasteiger partial charge in [0.1, 0.15) is 5.41 Å². The highest BCUT2D eigenvalue weighted by Gasteiger charge is 2.38. The van der Waals surface area contributed by atoms with Crippen molar-refractivity contribution in [3.05, 3.63) is 30.3 Å². The van der Waals surface area contributed by atoms with E-state index >= 15 is 0 Å². The summed E-state index contributed by atoms with van der Waals surface area (Å²) in [4.78, 5) is 26.3. The Morgan fingerprint density at radius 1 is 1.25 bits per heavy atom. The van der Waals surface area contributed by atoms with Crippen LogP contribution < -0.4 is 10.2 Å². The molecule has 1 rings (SSSR count). The van der Waals surface area contributed by atoms with Crippen molar-refractivity contribution in [3.63, 3.8) is 0 Å². The molecule has 0 heterocycles. The Labute approximate surface area is 121 Å². The number of hydrogen-bond acceptors (Lipinski definition) is 2. The standard InChI is InChI=1S/C16H24N2O2/c1-6-12(2)17-14(19)16(3,4)15(20)18(5)13-10-8-7-9-11-13/h7-12H,6H2,1-5H3,(H,17,19). The van der Waals surface area contributed by atoms with Crippen LogP contribution in [0.3, 0.4) is 0 Å². The fraction of sp³-hybridized carbons (Fsp3) is 0.500. The largest absolute Gasteiger partial charge is 0.353 e. The first-order valence-electron chi connectivity index (χ1n) is 6.94. The molecule has 1 aromatic rings. The smallest absolute Gasteiger partial charge is 0.241 e. The minimum absolute atomic E-state index is 0.0663. The van der Waals surface area contributed by atoms with Crippen molar-refractivity contribution >= 4 is 17.5 Å². The van der Waals surface area contributed by atoms with Gasteiger partial charge in [-0.1, -0.05) is 25.1 Å². The van der Waals surface area contributed by atoms with Crippen LogP contribution in [0.25, 0.3) is 0 Å². The van der Waals surface area contributed by atoms with E-state index in [-0.39, 0.29) is 17.9 Å². The molecule has 0 aromatic heterocycles. The van der Waals surface area contributed by atoms with Gasteiger partial charge in [-0.2, -0.15) is 0 Å². The Morgan fingerprint density at radius 3 is 2.30 bits per heavy atom. The van der Waals surface area contributed by atoms with Gasteiger partial charge >= 0.3 is 0 Å². The van der Waals surface area contributed by atoms with Crippen molar-refractivity contribution in [3.8, 4) is 0 Å². The van der Waals surface area contributed by atoms with Gasteiger partial charge in [-0.3, -0.25) is 9.59 Å². The van der Waals surface area contributed by atoms with E-state index < -0.39 is 5.41 Å². The maximum absolute atomic E-state index is 12.5. The number of nitrogens with one attached hydrogen (secondary N) is 1. The highest BCUT2D eigenvalue weighted by molar-refractivity contribution is 6.10. The number of nitrogens with zero attached hydrogens (tertiary/aromatic N) is 1. The first-order valence-corrected chi connectivity index (χ1v) is 6.94. The lowest BCUT2D eigenvalue weighted by Crippen LogP contribution is -2.50. The Bertz CT molecular complexity index is 469. The first kappa shape index (κ1) is 16.2. The molecule has 0 aliphatic carbocycles. The van der Waals surface area contributed by atoms with E-state index in [1.807, 2.05) is 44.2 Å². The summed E-state index contributed by atoms with van der Waals surface area (Å²) in [6.45, 7) is 7.24. The third-order valence-corrected chi connectivity index (χ3v) is 3.54. The predicted molar refractivity (Wildman–Crippen MR) is 81.5 cm³/mol. The van der Waals surface area contributed by atoms with Gasteiger partial charge in [0.15, 0.2) is 0 Å². The van der Waals surface area contributed by atoms with Crippen LogP contribution in [0.4, 0.5) is 5.69 Å². The maximum atomic E-state index is 12.5. The van der Waals surface area contributed by atoms with E-state index in [1.54, 1.807) is 20.9 Å². The van der Waals surface area contributed by atoms with Crippen LogP contribution in [0.5, 0.6) is 0 Å². The van der Waals surface area contributed by atoms with Crippen molar-refractivity contribution in [1.82, 2.24) is 5.32 Å². The van der Waals surface area contributed by atoms with E-state index in [0.717, 1.165) is 12.1 Å². The molecule has 20 heavy (non-hydrogen) atoms. The molecule has 4 nitrogen and oxygen atoms in total. The Morgan fingerprint density at radius 2 is 1.80 bits per heavy atom. The highest BCUT2D eigenvalue weighted by atomic mass is 16.2. The van der Waals surface area contributed by atoms with Crippen molar-refractivity contribution in [2.45, 2.75) is 40.2 Å². The third-order valence-electron chi connectivity index (χ3n) is 3.54. The summed E-state index contributed by atoms with van der Waals surface area (Å²) in [6.07, 6.45) is 0.838. The normalized spacial score (nSPS) is 12.7. The Balaban J connectivity index is 2.86. The molecule has 0 spiro atoms. The van der Waals surface area contributed by atoms with E-state index in [1.165, 1.54) is 4.90 Å². The fourth-order valence-corrected chi connectivity index (χ4v) is 1.79. The lowest BCUT2D eigenvalue weighted by Gasteiger charge is -2.29. The number of benzene rings is 1. The summed E-state index contributed by atoms with van der Waals surface area (Å²) >= 11 is 0. The average molecular weight is 276 g/mol. The van der Waals surface area contributed by atoms with Crippen molar-refractivity contribution in [1.29, 1.82) is 0 Å². The zero-order chi connectivity index (χ0) is 15.3. The van der Waals surface area contributed by atoms with E-state index in [2.05, 4.69) is 5.32 Å². The Kier molecular flexibility index (Phi) is 5.31. The van der Waals surface area contributed by atoms with Crippen LogP contribution in [-0.2, 0) is 9.59 Å². The second kappa shape index (κ2) is 6.55. The number of carbonyl (C=O) groups excluding carboxylic acids is 2. The minimum atomic E-state index is -1.09. The summed E-state index contributed by atoms with van der Waals surface area (Å²) in [7, 11) is 1.69. The number of anilines is 1. The predicted octanol–water partition coefficient (Wildman–Crippen LogP) is 2.59. The molecular weight excluding hydrogens is 252 g/mol. The molecule has 1 atom stereocenters. The number of hydrogen-bond donors (Lipinski definition) is 1. The number of para-hydroxylation sites is 1. The topological polar surface area (TPSA) is 49.4 Å². The summed E-state index contributed by atoms with van der Waals surface area (Å²) in [6, 6.07) is 9.39. The second-order valence-corrected chi connectivity index (χ2v) is 5.61. The molecule has 0 radical (unpaired) electrons. The van der Waals surface area contributed by atoms with Crippen LogP contribution in [0.15, 0.2) is 30.3 Å². The second-order valence-electron chi connectivity index (χ2n) is 5.61. The highest BCUT2D eigenvalue weighted by Crippen LogP contribution is 2.23. The molecule has 110 valence electrons. The monoisotopic (exact) mass is 276 g/mol. The summed E-state index contributed by atoms with van der Waals surface area (Å²) < 4.78 is 0. The van der Waals surface area contributed by atoms with Gasteiger partial charge in [-0.15, -0.1) is 0 Å². The molecular formula is C16H24N2O2. The minimum Gasteiger partial charge on any atom is -0.353 e. The maximum Gasteiger partial charge on any atom is 0.241 e. The number of amides is 2. The number of rotatable bonds is 5. The first-order chi connectivity index (χ1) is 9.30. The fourth-order valence-electron chi connectivity index (χ4n) is 1.79. The van der Waals surface area contributed by atoms with Crippen LogP contribution in [0.2, 0.25) is 0 Å². The van der Waals surface area contributed by atoms with Crippen molar-refractivity contribution < 1.29 is 9.59 Å². The van der Waals surface area contributed by atoms with Gasteiger partial charge in [-0.25, -0.2) is 0 Å². The quantitative estimate of drug-likeness (QED) is 0.840. The molecule has 4 heteroatoms. The molecule has 1 N–H and O–H groups in total. The summed E-state index contributed by atoms with van der Waals surface area (Å²) in [5.74, 6) is -0.455. The van der Waals surface area contributed by atoms with Crippen LogP contribution in [0.1, 0.15) is 34.1 Å². The zero-order valence-corrected chi connectivity index (χ0v) is 12.9. The van der Waals surface area contributed by atoms with E-state index in [9.17, 15) is 9.59 Å². The molecule has 1 unspecified atom stereocenters. The third kappa shape index (κ3) is 3.59. The molecule has 0 saturated carbocycles. The SMILES string of the molecule is CCC(C)NC(=O)C(C)(C)C(=O)N(C)c1ccccc1. The van der Waals surface area contributed by atoms with Gasteiger partial charge in [-0.05, 0) is 39.3 Å². The molecule has 0 aliphatic heterocycles. The van der Waals surface area contributed by atoms with Gasteiger partial charge in [0.05, 0.1) is 0 Å². The van der Waals surface area contributed by atoms with Crippen LogP contribution in [-0.4, -0.2) is 24.9 Å². The Hall–Kier alpha value is -1.84. The summed E-state index contributed by atoms with van der Waals surface area (Å²) in [5.41, 5.74) is -0.310. The zero-order valence-electron chi connectivity index (χ0n) is 12.9. The van der Waals surface area contributed by atoms with Crippen LogP contribution >= 0.6 is 0 Å². The molecule has 0 bridgehead atoms. The van der Waals surface area contributed by atoms with Gasteiger partial charge < -0.3 is 10.2 Å². The van der Waals surface area contributed by atoms with Crippen molar-refractivity contribution in [2.24, 2.45) is 5.41 Å². The molecule has 0 aliphatic rings. The molecule has 1 aromatic carbocycles. The summed E-state index contributed by atoms with van der Waals surface area (Å²) in [5, 5.41) is 2.87. The van der Waals surface area contributed by atoms with Gasteiger partial charge in [0, 0.05) is 18.8 Å². The van der Waals surface area contributed by atoms with Crippen molar-refractivity contribution in [2.75, 3.05) is 11.9 Å². The van der Waals surface area contributed by atoms with E-state index in [4.69, 9.17) is 0 Å². The molecule has 0 fully saturated rings. The number of carbonyl (C=O) groups is 2. The molecule has 0 saturated heterocycles. The average Bonchev–Trinajstić information content (AvgIpc) is 2.46.